The molecule has 2 nitrogen and oxygen atoms in total. The maximum Gasteiger partial charge on any atom is 0.0307 e. The maximum atomic E-state index is 5.89. The van der Waals surface area contributed by atoms with E-state index in [1.54, 1.807) is 0 Å². The topological polar surface area (TPSA) is 52.0 Å². The van der Waals surface area contributed by atoms with Crippen LogP contribution in [0.1, 0.15) is 23.6 Å². The van der Waals surface area contributed by atoms with Crippen LogP contribution in [-0.4, -0.2) is 6.54 Å². The summed E-state index contributed by atoms with van der Waals surface area (Å²) >= 11 is 0. The Balaban J connectivity index is 0.00000144. The van der Waals surface area contributed by atoms with Gasteiger partial charge in [0.1, 0.15) is 0 Å². The van der Waals surface area contributed by atoms with Crippen molar-refractivity contribution in [3.63, 3.8) is 0 Å². The highest BCUT2D eigenvalue weighted by Crippen LogP contribution is 2.14. The van der Waals surface area contributed by atoms with E-state index in [1.807, 2.05) is 12.1 Å². The first kappa shape index (κ1) is 12.4. The van der Waals surface area contributed by atoms with E-state index in [2.05, 4.69) is 19.1 Å². The van der Waals surface area contributed by atoms with Crippen molar-refractivity contribution in [1.29, 1.82) is 0 Å². The summed E-state index contributed by atoms with van der Waals surface area (Å²) in [4.78, 5) is 0. The molecule has 0 unspecified atom stereocenters. The normalized spacial score (nSPS) is 11.9. The van der Waals surface area contributed by atoms with Crippen molar-refractivity contribution < 1.29 is 0 Å². The van der Waals surface area contributed by atoms with Gasteiger partial charge in [0, 0.05) is 6.04 Å². The van der Waals surface area contributed by atoms with Gasteiger partial charge in [0.2, 0.25) is 0 Å². The van der Waals surface area contributed by atoms with Gasteiger partial charge in [-0.05, 0) is 25.5 Å². The van der Waals surface area contributed by atoms with Gasteiger partial charge in [-0.3, -0.25) is 0 Å². The van der Waals surface area contributed by atoms with Gasteiger partial charge in [-0.2, -0.15) is 0 Å². The third-order valence-corrected chi connectivity index (χ3v) is 1.95. The highest BCUT2D eigenvalue weighted by Gasteiger charge is 2.03. The Labute approximate surface area is 85.7 Å². The zero-order valence-electron chi connectivity index (χ0n) is 7.86. The summed E-state index contributed by atoms with van der Waals surface area (Å²) in [5, 5.41) is 0. The lowest BCUT2D eigenvalue weighted by atomic mass is 10.0. The summed E-state index contributed by atoms with van der Waals surface area (Å²) in [5.74, 6) is 0. The number of halogens is 1. The smallest absolute Gasteiger partial charge is 0.0307 e. The van der Waals surface area contributed by atoms with Crippen molar-refractivity contribution in [2.24, 2.45) is 11.5 Å². The van der Waals surface area contributed by atoms with Crippen LogP contribution in [0.2, 0.25) is 0 Å². The minimum atomic E-state index is 0. The van der Waals surface area contributed by atoms with Crippen LogP contribution >= 0.6 is 12.4 Å². The van der Waals surface area contributed by atoms with Crippen molar-refractivity contribution in [2.45, 2.75) is 19.4 Å². The standard InChI is InChI=1S/C10H16N2.ClH/c1-8-3-2-4-9(7-8)10(12)5-6-11;/h2-4,7,10H,5-6,11-12H2,1H3;1H/t10-;/m0./s1. The number of benzene rings is 1. The highest BCUT2D eigenvalue weighted by atomic mass is 35.5. The van der Waals surface area contributed by atoms with Crippen LogP contribution in [0.25, 0.3) is 0 Å². The quantitative estimate of drug-likeness (QED) is 0.782. The Morgan fingerprint density at radius 2 is 2.08 bits per heavy atom. The predicted molar refractivity (Wildman–Crippen MR) is 59.0 cm³/mol. The molecule has 0 bridgehead atoms. The van der Waals surface area contributed by atoms with Crippen LogP contribution in [0.5, 0.6) is 0 Å². The molecule has 0 aromatic heterocycles. The van der Waals surface area contributed by atoms with E-state index < -0.39 is 0 Å². The van der Waals surface area contributed by atoms with Gasteiger partial charge >= 0.3 is 0 Å². The monoisotopic (exact) mass is 200 g/mol. The third-order valence-electron chi connectivity index (χ3n) is 1.95. The molecule has 0 aliphatic carbocycles. The lowest BCUT2D eigenvalue weighted by Gasteiger charge is -2.10. The SMILES string of the molecule is Cc1cccc([C@@H](N)CCN)c1.Cl. The van der Waals surface area contributed by atoms with Crippen LogP contribution in [0.15, 0.2) is 24.3 Å². The summed E-state index contributed by atoms with van der Waals surface area (Å²) in [6.45, 7) is 2.72. The average Bonchev–Trinajstić information content (AvgIpc) is 2.05. The second kappa shape index (κ2) is 5.97. The highest BCUT2D eigenvalue weighted by molar-refractivity contribution is 5.85. The van der Waals surface area contributed by atoms with E-state index in [1.165, 1.54) is 11.1 Å². The zero-order chi connectivity index (χ0) is 8.97. The van der Waals surface area contributed by atoms with Crippen LogP contribution in [-0.2, 0) is 0 Å². The van der Waals surface area contributed by atoms with Crippen molar-refractivity contribution in [3.8, 4) is 0 Å². The Hall–Kier alpha value is -0.570. The molecule has 1 aromatic carbocycles. The van der Waals surface area contributed by atoms with Gasteiger partial charge in [-0.25, -0.2) is 0 Å². The average molecular weight is 201 g/mol. The van der Waals surface area contributed by atoms with Gasteiger partial charge < -0.3 is 11.5 Å². The predicted octanol–water partition coefficient (Wildman–Crippen LogP) is 1.77. The summed E-state index contributed by atoms with van der Waals surface area (Å²) in [6, 6.07) is 8.35. The third kappa shape index (κ3) is 3.77. The summed E-state index contributed by atoms with van der Waals surface area (Å²) in [5.41, 5.74) is 13.8. The van der Waals surface area contributed by atoms with E-state index >= 15 is 0 Å². The van der Waals surface area contributed by atoms with E-state index in [-0.39, 0.29) is 18.4 Å². The fraction of sp³-hybridized carbons (Fsp3) is 0.400. The minimum Gasteiger partial charge on any atom is -0.330 e. The van der Waals surface area contributed by atoms with Gasteiger partial charge in [0.15, 0.2) is 0 Å². The molecule has 0 aliphatic rings. The molecule has 0 aliphatic heterocycles. The van der Waals surface area contributed by atoms with Crippen molar-refractivity contribution in [2.75, 3.05) is 6.54 Å². The first-order valence-corrected chi connectivity index (χ1v) is 4.26. The zero-order valence-corrected chi connectivity index (χ0v) is 8.68. The van der Waals surface area contributed by atoms with E-state index in [0.717, 1.165) is 6.42 Å². The number of nitrogens with two attached hydrogens (primary N) is 2. The molecule has 0 spiro atoms. The van der Waals surface area contributed by atoms with Gasteiger partial charge in [-0.15, -0.1) is 12.4 Å². The van der Waals surface area contributed by atoms with Crippen molar-refractivity contribution in [1.82, 2.24) is 0 Å². The summed E-state index contributed by atoms with van der Waals surface area (Å²) in [7, 11) is 0. The number of hydrogen-bond acceptors (Lipinski definition) is 2. The van der Waals surface area contributed by atoms with Crippen LogP contribution in [0, 0.1) is 6.92 Å². The first-order valence-electron chi connectivity index (χ1n) is 4.26. The molecule has 0 saturated carbocycles. The van der Waals surface area contributed by atoms with E-state index in [4.69, 9.17) is 11.5 Å². The lowest BCUT2D eigenvalue weighted by Crippen LogP contribution is -2.15. The fourth-order valence-electron chi connectivity index (χ4n) is 1.25. The van der Waals surface area contributed by atoms with Crippen LogP contribution in [0.3, 0.4) is 0 Å². The molecule has 0 heterocycles. The largest absolute Gasteiger partial charge is 0.330 e. The summed E-state index contributed by atoms with van der Waals surface area (Å²) < 4.78 is 0. The molecule has 0 saturated heterocycles. The number of aryl methyl sites for hydroxylation is 1. The molecule has 1 aromatic rings. The molecule has 13 heavy (non-hydrogen) atoms. The molecule has 0 radical (unpaired) electrons. The second-order valence-corrected chi connectivity index (χ2v) is 3.10. The molecule has 0 fully saturated rings. The Kier molecular flexibility index (Phi) is 5.71. The number of rotatable bonds is 3. The maximum absolute atomic E-state index is 5.89. The van der Waals surface area contributed by atoms with Crippen molar-refractivity contribution >= 4 is 12.4 Å². The molecule has 1 rings (SSSR count). The van der Waals surface area contributed by atoms with Crippen LogP contribution < -0.4 is 11.5 Å². The Morgan fingerprint density at radius 3 is 2.62 bits per heavy atom. The van der Waals surface area contributed by atoms with Crippen molar-refractivity contribution in [3.05, 3.63) is 35.4 Å². The summed E-state index contributed by atoms with van der Waals surface area (Å²) in [6.07, 6.45) is 0.851. The second-order valence-electron chi connectivity index (χ2n) is 3.10. The fourth-order valence-corrected chi connectivity index (χ4v) is 1.25. The van der Waals surface area contributed by atoms with E-state index in [9.17, 15) is 0 Å². The van der Waals surface area contributed by atoms with Gasteiger partial charge in [-0.1, -0.05) is 29.8 Å². The first-order chi connectivity index (χ1) is 5.74. The van der Waals surface area contributed by atoms with Gasteiger partial charge in [0.25, 0.3) is 0 Å². The Morgan fingerprint density at radius 1 is 1.38 bits per heavy atom. The molecule has 4 N–H and O–H groups in total. The molecule has 3 heteroatoms. The van der Waals surface area contributed by atoms with Crippen LogP contribution in [0.4, 0.5) is 0 Å². The lowest BCUT2D eigenvalue weighted by molar-refractivity contribution is 0.661. The molecular weight excluding hydrogens is 184 g/mol. The van der Waals surface area contributed by atoms with Gasteiger partial charge in [0.05, 0.1) is 0 Å². The molecule has 1 atom stereocenters. The van der Waals surface area contributed by atoms with E-state index in [0.29, 0.717) is 6.54 Å². The molecule has 0 amide bonds. The molecular formula is C10H17ClN2. The minimum absolute atomic E-state index is 0. The molecule has 74 valence electrons. The number of hydrogen-bond donors (Lipinski definition) is 2. The Bertz CT molecular complexity index is 250.